The molecule has 0 aliphatic rings. The van der Waals surface area contributed by atoms with Crippen molar-refractivity contribution in [3.8, 4) is 5.75 Å². The lowest BCUT2D eigenvalue weighted by atomic mass is 10.2. The number of nitrogens with zero attached hydrogens (tertiary/aromatic N) is 1. The molecule has 0 unspecified atom stereocenters. The molecular formula is C12H13BrN2O2. The van der Waals surface area contributed by atoms with Gasteiger partial charge in [-0.15, -0.1) is 0 Å². The van der Waals surface area contributed by atoms with E-state index >= 15 is 0 Å². The Morgan fingerprint density at radius 3 is 2.88 bits per heavy atom. The zero-order valence-electron chi connectivity index (χ0n) is 9.44. The van der Waals surface area contributed by atoms with E-state index in [0.29, 0.717) is 18.9 Å². The molecule has 0 aliphatic heterocycles. The number of hydrogen-bond acceptors (Lipinski definition) is 4. The van der Waals surface area contributed by atoms with Crippen molar-refractivity contribution in [3.05, 3.63) is 45.8 Å². The lowest BCUT2D eigenvalue weighted by molar-refractivity contribution is 0.247. The van der Waals surface area contributed by atoms with E-state index in [9.17, 15) is 0 Å². The van der Waals surface area contributed by atoms with Crippen molar-refractivity contribution < 1.29 is 9.26 Å². The smallest absolute Gasteiger partial charge is 0.174 e. The fourth-order valence-corrected chi connectivity index (χ4v) is 2.00. The van der Waals surface area contributed by atoms with Crippen LogP contribution < -0.4 is 10.5 Å². The van der Waals surface area contributed by atoms with E-state index in [2.05, 4.69) is 21.1 Å². The Hall–Kier alpha value is -1.33. The van der Waals surface area contributed by atoms with Gasteiger partial charge in [-0.25, -0.2) is 0 Å². The average Bonchev–Trinajstić information content (AvgIpc) is 2.76. The second kappa shape index (κ2) is 5.33. The lowest BCUT2D eigenvalue weighted by Gasteiger charge is -2.06. The summed E-state index contributed by atoms with van der Waals surface area (Å²) in [7, 11) is 0. The van der Waals surface area contributed by atoms with Gasteiger partial charge in [0.1, 0.15) is 12.4 Å². The van der Waals surface area contributed by atoms with Crippen LogP contribution in [0.1, 0.15) is 17.0 Å². The Bertz CT molecular complexity index is 511. The molecule has 0 atom stereocenters. The molecule has 2 rings (SSSR count). The SMILES string of the molecule is Cc1ccc(OCc2cc(CN)no2)c(Br)c1. The summed E-state index contributed by atoms with van der Waals surface area (Å²) in [5.74, 6) is 1.44. The molecule has 0 radical (unpaired) electrons. The molecule has 17 heavy (non-hydrogen) atoms. The molecule has 0 spiro atoms. The summed E-state index contributed by atoms with van der Waals surface area (Å²) in [5.41, 5.74) is 7.34. The maximum absolute atomic E-state index is 5.61. The highest BCUT2D eigenvalue weighted by atomic mass is 79.9. The van der Waals surface area contributed by atoms with E-state index in [1.807, 2.05) is 25.1 Å². The number of halogens is 1. The third kappa shape index (κ3) is 3.08. The number of rotatable bonds is 4. The number of ether oxygens (including phenoxy) is 1. The van der Waals surface area contributed by atoms with Crippen LogP contribution in [-0.2, 0) is 13.2 Å². The van der Waals surface area contributed by atoms with E-state index < -0.39 is 0 Å². The van der Waals surface area contributed by atoms with Gasteiger partial charge >= 0.3 is 0 Å². The van der Waals surface area contributed by atoms with Gasteiger partial charge in [-0.2, -0.15) is 0 Å². The normalized spacial score (nSPS) is 10.5. The molecule has 0 saturated carbocycles. The van der Waals surface area contributed by atoms with Gasteiger partial charge in [0.15, 0.2) is 5.76 Å². The van der Waals surface area contributed by atoms with Gasteiger partial charge in [0.2, 0.25) is 0 Å². The van der Waals surface area contributed by atoms with Crippen LogP contribution in [0.25, 0.3) is 0 Å². The zero-order chi connectivity index (χ0) is 12.3. The van der Waals surface area contributed by atoms with Crippen molar-refractivity contribution in [3.63, 3.8) is 0 Å². The molecule has 4 nitrogen and oxygen atoms in total. The molecule has 2 aromatic rings. The summed E-state index contributed by atoms with van der Waals surface area (Å²) in [6, 6.07) is 7.70. The summed E-state index contributed by atoms with van der Waals surface area (Å²) in [6.45, 7) is 2.74. The molecule has 90 valence electrons. The number of aromatic nitrogens is 1. The van der Waals surface area contributed by atoms with Crippen LogP contribution in [0, 0.1) is 6.92 Å². The lowest BCUT2D eigenvalue weighted by Crippen LogP contribution is -1.96. The Labute approximate surface area is 108 Å². The van der Waals surface area contributed by atoms with E-state index in [1.165, 1.54) is 5.56 Å². The summed E-state index contributed by atoms with van der Waals surface area (Å²) in [6.07, 6.45) is 0. The Kier molecular flexibility index (Phi) is 3.81. The molecule has 1 heterocycles. The highest BCUT2D eigenvalue weighted by Gasteiger charge is 2.05. The predicted molar refractivity (Wildman–Crippen MR) is 67.6 cm³/mol. The number of nitrogens with two attached hydrogens (primary N) is 1. The molecule has 0 aliphatic carbocycles. The van der Waals surface area contributed by atoms with Gasteiger partial charge in [0.05, 0.1) is 10.2 Å². The van der Waals surface area contributed by atoms with Crippen LogP contribution >= 0.6 is 15.9 Å². The van der Waals surface area contributed by atoms with Crippen molar-refractivity contribution in [2.45, 2.75) is 20.1 Å². The molecule has 0 bridgehead atoms. The van der Waals surface area contributed by atoms with Crippen molar-refractivity contribution in [2.24, 2.45) is 5.73 Å². The Morgan fingerprint density at radius 1 is 1.41 bits per heavy atom. The number of hydrogen-bond donors (Lipinski definition) is 1. The second-order valence-electron chi connectivity index (χ2n) is 3.71. The summed E-state index contributed by atoms with van der Waals surface area (Å²) in [5, 5.41) is 3.79. The van der Waals surface area contributed by atoms with Crippen LogP contribution in [0.4, 0.5) is 0 Å². The summed E-state index contributed by atoms with van der Waals surface area (Å²) >= 11 is 3.45. The minimum Gasteiger partial charge on any atom is -0.484 e. The van der Waals surface area contributed by atoms with E-state index in [4.69, 9.17) is 15.0 Å². The monoisotopic (exact) mass is 296 g/mol. The van der Waals surface area contributed by atoms with E-state index in [1.54, 1.807) is 6.07 Å². The third-order valence-corrected chi connectivity index (χ3v) is 2.89. The van der Waals surface area contributed by atoms with Crippen LogP contribution in [0.3, 0.4) is 0 Å². The number of benzene rings is 1. The minimum atomic E-state index is 0.342. The Balaban J connectivity index is 2.02. The summed E-state index contributed by atoms with van der Waals surface area (Å²) < 4.78 is 11.6. The first-order valence-corrected chi connectivity index (χ1v) is 6.02. The van der Waals surface area contributed by atoms with Crippen LogP contribution in [0.2, 0.25) is 0 Å². The standard InChI is InChI=1S/C12H13BrN2O2/c1-8-2-3-12(11(13)4-8)16-7-10-5-9(6-14)15-17-10/h2-5H,6-7,14H2,1H3. The van der Waals surface area contributed by atoms with Crippen LogP contribution in [0.15, 0.2) is 33.3 Å². The average molecular weight is 297 g/mol. The first kappa shape index (κ1) is 12.1. The van der Waals surface area contributed by atoms with Gasteiger partial charge in [-0.05, 0) is 40.5 Å². The van der Waals surface area contributed by atoms with E-state index in [0.717, 1.165) is 15.9 Å². The van der Waals surface area contributed by atoms with Crippen molar-refractivity contribution in [1.29, 1.82) is 0 Å². The molecule has 0 fully saturated rings. The highest BCUT2D eigenvalue weighted by Crippen LogP contribution is 2.26. The molecule has 5 heteroatoms. The molecule has 0 saturated heterocycles. The fourth-order valence-electron chi connectivity index (χ4n) is 1.39. The maximum Gasteiger partial charge on any atom is 0.174 e. The number of aryl methyl sites for hydroxylation is 1. The molecule has 0 amide bonds. The largest absolute Gasteiger partial charge is 0.484 e. The van der Waals surface area contributed by atoms with Crippen molar-refractivity contribution in [1.82, 2.24) is 5.16 Å². The van der Waals surface area contributed by atoms with Gasteiger partial charge in [-0.1, -0.05) is 11.2 Å². The summed E-state index contributed by atoms with van der Waals surface area (Å²) in [4.78, 5) is 0. The second-order valence-corrected chi connectivity index (χ2v) is 4.57. The van der Waals surface area contributed by atoms with Gasteiger partial charge < -0.3 is 15.0 Å². The topological polar surface area (TPSA) is 61.3 Å². The molecular weight excluding hydrogens is 284 g/mol. The zero-order valence-corrected chi connectivity index (χ0v) is 11.0. The minimum absolute atomic E-state index is 0.342. The highest BCUT2D eigenvalue weighted by molar-refractivity contribution is 9.10. The van der Waals surface area contributed by atoms with Gasteiger partial charge in [-0.3, -0.25) is 0 Å². The van der Waals surface area contributed by atoms with Gasteiger partial charge in [0.25, 0.3) is 0 Å². The first-order valence-electron chi connectivity index (χ1n) is 5.22. The Morgan fingerprint density at radius 2 is 2.24 bits per heavy atom. The van der Waals surface area contributed by atoms with Crippen molar-refractivity contribution >= 4 is 15.9 Å². The first-order chi connectivity index (χ1) is 8.19. The molecule has 1 aromatic heterocycles. The molecule has 2 N–H and O–H groups in total. The fraction of sp³-hybridized carbons (Fsp3) is 0.250. The van der Waals surface area contributed by atoms with E-state index in [-0.39, 0.29) is 0 Å². The maximum atomic E-state index is 5.61. The van der Waals surface area contributed by atoms with Crippen LogP contribution in [-0.4, -0.2) is 5.16 Å². The van der Waals surface area contributed by atoms with Gasteiger partial charge in [0, 0.05) is 12.6 Å². The third-order valence-electron chi connectivity index (χ3n) is 2.27. The van der Waals surface area contributed by atoms with Crippen LogP contribution in [0.5, 0.6) is 5.75 Å². The van der Waals surface area contributed by atoms with Crippen molar-refractivity contribution in [2.75, 3.05) is 0 Å². The quantitative estimate of drug-likeness (QED) is 0.942. The molecule has 1 aromatic carbocycles. The predicted octanol–water partition coefficient (Wildman–Crippen LogP) is 2.78.